The van der Waals surface area contributed by atoms with Crippen LogP contribution in [0.25, 0.3) is 0 Å². The van der Waals surface area contributed by atoms with Crippen LogP contribution in [0, 0.1) is 6.92 Å². The average Bonchev–Trinajstić information content (AvgIpc) is 2.44. The Balaban J connectivity index is 2.19. The molecule has 0 fully saturated rings. The lowest BCUT2D eigenvalue weighted by Crippen LogP contribution is -2.12. The van der Waals surface area contributed by atoms with E-state index in [1.807, 2.05) is 31.2 Å². The number of hydrogen-bond acceptors (Lipinski definition) is 4. The van der Waals surface area contributed by atoms with Gasteiger partial charge in [-0.25, -0.2) is 10.8 Å². The number of pyridine rings is 1. The van der Waals surface area contributed by atoms with Crippen molar-refractivity contribution in [2.24, 2.45) is 5.84 Å². The molecule has 7 heteroatoms. The summed E-state index contributed by atoms with van der Waals surface area (Å²) in [5.41, 5.74) is 3.53. The summed E-state index contributed by atoms with van der Waals surface area (Å²) in [6.07, 6.45) is -4.42. The maximum absolute atomic E-state index is 12.8. The first kappa shape index (κ1) is 15.7. The number of nitrogens with two attached hydrogens (primary N) is 1. The number of rotatable bonds is 4. The van der Waals surface area contributed by atoms with Gasteiger partial charge in [0.05, 0.1) is 10.6 Å². The largest absolute Gasteiger partial charge is 0.416 e. The van der Waals surface area contributed by atoms with E-state index in [0.717, 1.165) is 23.3 Å². The van der Waals surface area contributed by atoms with Gasteiger partial charge in [0, 0.05) is 5.75 Å². The molecule has 2 aromatic rings. The van der Waals surface area contributed by atoms with Gasteiger partial charge in [0.1, 0.15) is 5.82 Å². The summed E-state index contributed by atoms with van der Waals surface area (Å²) in [5.74, 6) is 5.71. The smallest absolute Gasteiger partial charge is 0.308 e. The molecule has 1 aromatic heterocycles. The Morgan fingerprint density at radius 3 is 2.62 bits per heavy atom. The van der Waals surface area contributed by atoms with E-state index in [-0.39, 0.29) is 10.8 Å². The lowest BCUT2D eigenvalue weighted by Gasteiger charge is -2.11. The van der Waals surface area contributed by atoms with Crippen molar-refractivity contribution in [3.8, 4) is 0 Å². The fourth-order valence-electron chi connectivity index (χ4n) is 1.78. The average molecular weight is 313 g/mol. The zero-order valence-electron chi connectivity index (χ0n) is 11.2. The van der Waals surface area contributed by atoms with Crippen molar-refractivity contribution in [2.45, 2.75) is 23.9 Å². The highest BCUT2D eigenvalue weighted by atomic mass is 32.2. The number of thioether (sulfide) groups is 1. The number of aryl methyl sites for hydroxylation is 1. The molecule has 3 N–H and O–H groups in total. The highest BCUT2D eigenvalue weighted by molar-refractivity contribution is 7.98. The molecule has 0 aliphatic rings. The number of hydrazine groups is 1. The zero-order chi connectivity index (χ0) is 15.5. The Morgan fingerprint density at radius 2 is 2.00 bits per heavy atom. The summed E-state index contributed by atoms with van der Waals surface area (Å²) in [6.45, 7) is 1.97. The standard InChI is InChI=1S/C14H14F3N3S/c1-9-3-2-4-10(5-9)8-21-13-7-11(14(15,16)17)6-12(19-13)20-18/h2-7H,8,18H2,1H3,(H,19,20). The highest BCUT2D eigenvalue weighted by Crippen LogP contribution is 2.33. The van der Waals surface area contributed by atoms with E-state index in [1.165, 1.54) is 11.8 Å². The molecular weight excluding hydrogens is 299 g/mol. The van der Waals surface area contributed by atoms with Crippen LogP contribution in [0.2, 0.25) is 0 Å². The molecule has 0 unspecified atom stereocenters. The molecule has 0 bridgehead atoms. The number of anilines is 1. The molecule has 21 heavy (non-hydrogen) atoms. The molecule has 0 aliphatic carbocycles. The topological polar surface area (TPSA) is 50.9 Å². The van der Waals surface area contributed by atoms with Crippen LogP contribution < -0.4 is 11.3 Å². The molecule has 0 saturated carbocycles. The molecule has 3 nitrogen and oxygen atoms in total. The predicted molar refractivity (Wildman–Crippen MR) is 77.8 cm³/mol. The molecule has 0 spiro atoms. The Morgan fingerprint density at radius 1 is 1.24 bits per heavy atom. The predicted octanol–water partition coefficient (Wildman–Crippen LogP) is 3.99. The Hall–Kier alpha value is -1.73. The molecule has 1 aromatic carbocycles. The van der Waals surface area contributed by atoms with Crippen molar-refractivity contribution in [3.63, 3.8) is 0 Å². The summed E-state index contributed by atoms with van der Waals surface area (Å²) in [6, 6.07) is 9.71. The van der Waals surface area contributed by atoms with Crippen LogP contribution in [0.4, 0.5) is 19.0 Å². The molecule has 0 aliphatic heterocycles. The number of nitrogen functional groups attached to an aromatic ring is 1. The summed E-state index contributed by atoms with van der Waals surface area (Å²) in [4.78, 5) is 4.03. The SMILES string of the molecule is Cc1cccc(CSc2cc(C(F)(F)F)cc(NN)n2)c1. The molecular formula is C14H14F3N3S. The molecule has 0 amide bonds. The maximum Gasteiger partial charge on any atom is 0.416 e. The highest BCUT2D eigenvalue weighted by Gasteiger charge is 2.31. The van der Waals surface area contributed by atoms with Crippen LogP contribution in [0.3, 0.4) is 0 Å². The normalized spacial score (nSPS) is 11.5. The third-order valence-electron chi connectivity index (χ3n) is 2.75. The number of benzene rings is 1. The van der Waals surface area contributed by atoms with Crippen molar-refractivity contribution in [1.82, 2.24) is 4.98 Å². The fourth-order valence-corrected chi connectivity index (χ4v) is 2.64. The number of nitrogens with one attached hydrogen (secondary N) is 1. The number of aromatic nitrogens is 1. The van der Waals surface area contributed by atoms with Gasteiger partial charge in [0.25, 0.3) is 0 Å². The summed E-state index contributed by atoms with van der Waals surface area (Å²) in [5, 5.41) is 0.277. The van der Waals surface area contributed by atoms with E-state index in [9.17, 15) is 13.2 Å². The lowest BCUT2D eigenvalue weighted by atomic mass is 10.2. The van der Waals surface area contributed by atoms with Gasteiger partial charge in [-0.2, -0.15) is 13.2 Å². The molecule has 112 valence electrons. The van der Waals surface area contributed by atoms with Gasteiger partial charge in [-0.1, -0.05) is 29.8 Å². The van der Waals surface area contributed by atoms with E-state index < -0.39 is 11.7 Å². The van der Waals surface area contributed by atoms with E-state index in [4.69, 9.17) is 5.84 Å². The zero-order valence-corrected chi connectivity index (χ0v) is 12.1. The fraction of sp³-hybridized carbons (Fsp3) is 0.214. The second-order valence-electron chi connectivity index (χ2n) is 4.50. The first-order chi connectivity index (χ1) is 9.88. The van der Waals surface area contributed by atoms with E-state index >= 15 is 0 Å². The van der Waals surface area contributed by atoms with Gasteiger partial charge < -0.3 is 5.43 Å². The van der Waals surface area contributed by atoms with E-state index in [1.54, 1.807) is 0 Å². The number of halogens is 3. The third-order valence-corrected chi connectivity index (χ3v) is 3.73. The van der Waals surface area contributed by atoms with E-state index in [2.05, 4.69) is 10.4 Å². The maximum atomic E-state index is 12.8. The third kappa shape index (κ3) is 4.37. The first-order valence-electron chi connectivity index (χ1n) is 6.13. The summed E-state index contributed by atoms with van der Waals surface area (Å²) < 4.78 is 38.4. The van der Waals surface area contributed by atoms with Crippen molar-refractivity contribution >= 4 is 17.6 Å². The monoisotopic (exact) mass is 313 g/mol. The number of nitrogens with zero attached hydrogens (tertiary/aromatic N) is 1. The minimum Gasteiger partial charge on any atom is -0.308 e. The molecule has 0 atom stereocenters. The van der Waals surface area contributed by atoms with Gasteiger partial charge in [-0.05, 0) is 24.6 Å². The van der Waals surface area contributed by atoms with Gasteiger partial charge >= 0.3 is 6.18 Å². The van der Waals surface area contributed by atoms with Gasteiger partial charge in [-0.15, -0.1) is 11.8 Å². The minimum absolute atomic E-state index is 0.00318. The van der Waals surface area contributed by atoms with Crippen molar-refractivity contribution in [3.05, 3.63) is 53.1 Å². The van der Waals surface area contributed by atoms with Crippen LogP contribution in [-0.4, -0.2) is 4.98 Å². The Labute approximate surface area is 124 Å². The Kier molecular flexibility index (Phi) is 4.74. The van der Waals surface area contributed by atoms with Gasteiger partial charge in [0.2, 0.25) is 0 Å². The van der Waals surface area contributed by atoms with Crippen LogP contribution >= 0.6 is 11.8 Å². The first-order valence-corrected chi connectivity index (χ1v) is 7.11. The summed E-state index contributed by atoms with van der Waals surface area (Å²) >= 11 is 1.24. The molecule has 0 saturated heterocycles. The molecule has 1 heterocycles. The number of hydrogen-bond donors (Lipinski definition) is 2. The quantitative estimate of drug-likeness (QED) is 0.509. The van der Waals surface area contributed by atoms with Crippen LogP contribution in [0.1, 0.15) is 16.7 Å². The second kappa shape index (κ2) is 6.36. The number of alkyl halides is 3. The second-order valence-corrected chi connectivity index (χ2v) is 5.49. The Bertz CT molecular complexity index is 629. The van der Waals surface area contributed by atoms with Crippen molar-refractivity contribution in [1.29, 1.82) is 0 Å². The van der Waals surface area contributed by atoms with Crippen LogP contribution in [-0.2, 0) is 11.9 Å². The lowest BCUT2D eigenvalue weighted by molar-refractivity contribution is -0.137. The van der Waals surface area contributed by atoms with Crippen LogP contribution in [0.15, 0.2) is 41.4 Å². The van der Waals surface area contributed by atoms with E-state index in [0.29, 0.717) is 5.75 Å². The minimum atomic E-state index is -4.42. The van der Waals surface area contributed by atoms with Gasteiger partial charge in [0.15, 0.2) is 0 Å². The molecule has 0 radical (unpaired) electrons. The summed E-state index contributed by atoms with van der Waals surface area (Å²) in [7, 11) is 0. The molecule has 2 rings (SSSR count). The van der Waals surface area contributed by atoms with Gasteiger partial charge in [-0.3, -0.25) is 0 Å². The van der Waals surface area contributed by atoms with Crippen LogP contribution in [0.5, 0.6) is 0 Å². The van der Waals surface area contributed by atoms with Crippen molar-refractivity contribution in [2.75, 3.05) is 5.43 Å². The van der Waals surface area contributed by atoms with Crippen molar-refractivity contribution < 1.29 is 13.2 Å².